The predicted octanol–water partition coefficient (Wildman–Crippen LogP) is 3.17. The van der Waals surface area contributed by atoms with Crippen LogP contribution in [-0.4, -0.2) is 12.3 Å². The lowest BCUT2D eigenvalue weighted by Crippen LogP contribution is -1.98. The first-order valence-electron chi connectivity index (χ1n) is 4.42. The minimum Gasteiger partial charge on any atom is -0.330 e. The third-order valence-corrected chi connectivity index (χ3v) is 3.29. The molecule has 0 aromatic heterocycles. The normalized spacial score (nSPS) is 10.3. The lowest BCUT2D eigenvalue weighted by atomic mass is 10.3. The van der Waals surface area contributed by atoms with Crippen molar-refractivity contribution in [1.82, 2.24) is 0 Å². The van der Waals surface area contributed by atoms with Gasteiger partial charge in [0.2, 0.25) is 0 Å². The van der Waals surface area contributed by atoms with E-state index in [9.17, 15) is 0 Å². The Labute approximate surface area is 88.7 Å². The first kappa shape index (κ1) is 10.9. The third-order valence-electron chi connectivity index (χ3n) is 1.69. The van der Waals surface area contributed by atoms with Crippen LogP contribution in [0.25, 0.3) is 0 Å². The van der Waals surface area contributed by atoms with Gasteiger partial charge in [-0.1, -0.05) is 23.7 Å². The summed E-state index contributed by atoms with van der Waals surface area (Å²) in [5.41, 5.74) is 5.40. The minimum absolute atomic E-state index is 0.781. The van der Waals surface area contributed by atoms with Gasteiger partial charge in [-0.3, -0.25) is 0 Å². The standard InChI is InChI=1S/C10H14ClNS/c11-9-5-1-2-6-10(9)13-8-4-3-7-12/h1-2,5-6H,3-4,7-8,12H2. The predicted molar refractivity (Wildman–Crippen MR) is 60.5 cm³/mol. The van der Waals surface area contributed by atoms with Gasteiger partial charge in [0.1, 0.15) is 0 Å². The van der Waals surface area contributed by atoms with Crippen molar-refractivity contribution in [3.05, 3.63) is 29.3 Å². The highest BCUT2D eigenvalue weighted by molar-refractivity contribution is 7.99. The molecule has 13 heavy (non-hydrogen) atoms. The summed E-state index contributed by atoms with van der Waals surface area (Å²) in [5, 5.41) is 0.847. The van der Waals surface area contributed by atoms with Crippen molar-refractivity contribution in [1.29, 1.82) is 0 Å². The molecule has 0 atom stereocenters. The first-order valence-corrected chi connectivity index (χ1v) is 5.78. The van der Waals surface area contributed by atoms with Crippen molar-refractivity contribution < 1.29 is 0 Å². The molecule has 0 amide bonds. The van der Waals surface area contributed by atoms with E-state index in [1.807, 2.05) is 18.2 Å². The lowest BCUT2D eigenvalue weighted by Gasteiger charge is -2.02. The number of unbranched alkanes of at least 4 members (excludes halogenated alkanes) is 1. The number of thioether (sulfide) groups is 1. The Morgan fingerprint density at radius 2 is 2.00 bits per heavy atom. The molecule has 1 nitrogen and oxygen atoms in total. The second kappa shape index (κ2) is 6.30. The molecule has 1 aromatic carbocycles. The zero-order valence-electron chi connectivity index (χ0n) is 7.50. The molecule has 0 saturated carbocycles. The van der Waals surface area contributed by atoms with E-state index in [0.29, 0.717) is 0 Å². The van der Waals surface area contributed by atoms with Crippen molar-refractivity contribution in [3.8, 4) is 0 Å². The Kier molecular flexibility index (Phi) is 5.28. The van der Waals surface area contributed by atoms with E-state index in [2.05, 4.69) is 6.07 Å². The monoisotopic (exact) mass is 215 g/mol. The van der Waals surface area contributed by atoms with Crippen LogP contribution in [0.5, 0.6) is 0 Å². The lowest BCUT2D eigenvalue weighted by molar-refractivity contribution is 0.814. The molecule has 1 rings (SSSR count). The number of rotatable bonds is 5. The fourth-order valence-corrected chi connectivity index (χ4v) is 2.24. The van der Waals surface area contributed by atoms with Gasteiger partial charge in [-0.15, -0.1) is 11.8 Å². The second-order valence-corrected chi connectivity index (χ2v) is 4.32. The average Bonchev–Trinajstić information content (AvgIpc) is 2.15. The highest BCUT2D eigenvalue weighted by atomic mass is 35.5. The highest BCUT2D eigenvalue weighted by Gasteiger charge is 1.98. The number of hydrogen-bond acceptors (Lipinski definition) is 2. The molecule has 0 aliphatic heterocycles. The van der Waals surface area contributed by atoms with Crippen LogP contribution in [0.1, 0.15) is 12.8 Å². The summed E-state index contributed by atoms with van der Waals surface area (Å²) in [4.78, 5) is 1.17. The smallest absolute Gasteiger partial charge is 0.0541 e. The van der Waals surface area contributed by atoms with E-state index in [4.69, 9.17) is 17.3 Å². The molecule has 2 N–H and O–H groups in total. The molecule has 0 saturated heterocycles. The van der Waals surface area contributed by atoms with E-state index in [-0.39, 0.29) is 0 Å². The van der Waals surface area contributed by atoms with Crippen LogP contribution in [0.15, 0.2) is 29.2 Å². The fraction of sp³-hybridized carbons (Fsp3) is 0.400. The number of halogens is 1. The Bertz CT molecular complexity index is 252. The van der Waals surface area contributed by atoms with E-state index >= 15 is 0 Å². The van der Waals surface area contributed by atoms with Crippen LogP contribution >= 0.6 is 23.4 Å². The highest BCUT2D eigenvalue weighted by Crippen LogP contribution is 2.26. The number of hydrogen-bond donors (Lipinski definition) is 1. The first-order chi connectivity index (χ1) is 6.34. The molecule has 0 aliphatic carbocycles. The Balaban J connectivity index is 2.32. The Morgan fingerprint density at radius 1 is 1.23 bits per heavy atom. The SMILES string of the molecule is NCCCCSc1ccccc1Cl. The zero-order chi connectivity index (χ0) is 9.52. The Hall–Kier alpha value is -0.180. The van der Waals surface area contributed by atoms with Gasteiger partial charge in [-0.05, 0) is 37.3 Å². The van der Waals surface area contributed by atoms with Crippen LogP contribution < -0.4 is 5.73 Å². The van der Waals surface area contributed by atoms with Crippen LogP contribution in [-0.2, 0) is 0 Å². The molecule has 0 unspecified atom stereocenters. The molecule has 0 spiro atoms. The maximum absolute atomic E-state index is 5.99. The van der Waals surface area contributed by atoms with Gasteiger partial charge >= 0.3 is 0 Å². The van der Waals surface area contributed by atoms with Gasteiger partial charge < -0.3 is 5.73 Å². The Morgan fingerprint density at radius 3 is 2.69 bits per heavy atom. The molecular formula is C10H14ClNS. The van der Waals surface area contributed by atoms with Crippen LogP contribution in [0, 0.1) is 0 Å². The summed E-state index contributed by atoms with van der Waals surface area (Å²) in [5.74, 6) is 1.10. The van der Waals surface area contributed by atoms with Crippen molar-refractivity contribution in [2.24, 2.45) is 5.73 Å². The average molecular weight is 216 g/mol. The quantitative estimate of drug-likeness (QED) is 0.603. The summed E-state index contributed by atoms with van der Waals surface area (Å²) in [6.07, 6.45) is 2.25. The van der Waals surface area contributed by atoms with Crippen LogP contribution in [0.3, 0.4) is 0 Å². The summed E-state index contributed by atoms with van der Waals surface area (Å²) in [6, 6.07) is 7.94. The van der Waals surface area contributed by atoms with Gasteiger partial charge in [-0.25, -0.2) is 0 Å². The van der Waals surface area contributed by atoms with E-state index in [0.717, 1.165) is 30.2 Å². The van der Waals surface area contributed by atoms with Gasteiger partial charge in [-0.2, -0.15) is 0 Å². The molecule has 0 fully saturated rings. The summed E-state index contributed by atoms with van der Waals surface area (Å²) in [7, 11) is 0. The van der Waals surface area contributed by atoms with Crippen molar-refractivity contribution >= 4 is 23.4 Å². The van der Waals surface area contributed by atoms with E-state index < -0.39 is 0 Å². The van der Waals surface area contributed by atoms with Crippen molar-refractivity contribution in [3.63, 3.8) is 0 Å². The van der Waals surface area contributed by atoms with Gasteiger partial charge in [0.05, 0.1) is 5.02 Å². The topological polar surface area (TPSA) is 26.0 Å². The maximum Gasteiger partial charge on any atom is 0.0541 e. The molecular weight excluding hydrogens is 202 g/mol. The molecule has 0 aliphatic rings. The van der Waals surface area contributed by atoms with Crippen LogP contribution in [0.4, 0.5) is 0 Å². The van der Waals surface area contributed by atoms with Crippen molar-refractivity contribution in [2.45, 2.75) is 17.7 Å². The zero-order valence-corrected chi connectivity index (χ0v) is 9.07. The molecule has 0 radical (unpaired) electrons. The molecule has 3 heteroatoms. The summed E-state index contributed by atoms with van der Waals surface area (Å²) >= 11 is 7.79. The number of nitrogens with two attached hydrogens (primary N) is 1. The van der Waals surface area contributed by atoms with Gasteiger partial charge in [0.25, 0.3) is 0 Å². The van der Waals surface area contributed by atoms with E-state index in [1.165, 1.54) is 4.90 Å². The van der Waals surface area contributed by atoms with Gasteiger partial charge in [0.15, 0.2) is 0 Å². The largest absolute Gasteiger partial charge is 0.330 e. The summed E-state index contributed by atoms with van der Waals surface area (Å²) < 4.78 is 0. The molecule has 0 heterocycles. The third kappa shape index (κ3) is 4.03. The van der Waals surface area contributed by atoms with Crippen molar-refractivity contribution in [2.75, 3.05) is 12.3 Å². The summed E-state index contributed by atoms with van der Waals surface area (Å²) in [6.45, 7) is 0.781. The molecule has 1 aromatic rings. The fourth-order valence-electron chi connectivity index (χ4n) is 0.990. The number of benzene rings is 1. The second-order valence-electron chi connectivity index (χ2n) is 2.77. The van der Waals surface area contributed by atoms with Gasteiger partial charge in [0, 0.05) is 4.90 Å². The van der Waals surface area contributed by atoms with E-state index in [1.54, 1.807) is 11.8 Å². The minimum atomic E-state index is 0.781. The molecule has 72 valence electrons. The maximum atomic E-state index is 5.99. The van der Waals surface area contributed by atoms with Crippen LogP contribution in [0.2, 0.25) is 5.02 Å². The molecule has 0 bridgehead atoms.